The average Bonchev–Trinajstić information content (AvgIpc) is 2.70. The third-order valence-electron chi connectivity index (χ3n) is 5.89. The number of piperidine rings is 1. The number of aliphatic hydroxyl groups is 1. The Kier molecular flexibility index (Phi) is 7.86. The van der Waals surface area contributed by atoms with Crippen molar-refractivity contribution < 1.29 is 14.6 Å². The standard InChI is InChI=1S/C26H35ClN2O3/c1-19-13-22(14-20(2)24(19)27)32-18-26(31)11-8-12-29(17-26)16-23(30)28-25(3,4)15-21-9-6-5-7-10-21/h5-7,9-10,13-14,31H,8,11-12,15-18H2,1-4H3,(H,28,30). The van der Waals surface area contributed by atoms with Crippen LogP contribution in [0.1, 0.15) is 43.4 Å². The van der Waals surface area contributed by atoms with Crippen LogP contribution in [-0.2, 0) is 11.2 Å². The number of nitrogens with zero attached hydrogens (tertiary/aromatic N) is 1. The monoisotopic (exact) mass is 458 g/mol. The molecule has 1 aliphatic rings. The van der Waals surface area contributed by atoms with Crippen molar-refractivity contribution in [2.24, 2.45) is 0 Å². The van der Waals surface area contributed by atoms with Gasteiger partial charge in [-0.1, -0.05) is 41.9 Å². The third-order valence-corrected chi connectivity index (χ3v) is 6.48. The van der Waals surface area contributed by atoms with Crippen LogP contribution in [0.25, 0.3) is 0 Å². The minimum atomic E-state index is -0.987. The SMILES string of the molecule is Cc1cc(OCC2(O)CCCN(CC(=O)NC(C)(C)Cc3ccccc3)C2)cc(C)c1Cl. The predicted octanol–water partition coefficient (Wildman–Crippen LogP) is 4.30. The van der Waals surface area contributed by atoms with Gasteiger partial charge >= 0.3 is 0 Å². The van der Waals surface area contributed by atoms with Gasteiger partial charge in [0.1, 0.15) is 18.0 Å². The van der Waals surface area contributed by atoms with Crippen LogP contribution in [-0.4, -0.2) is 53.3 Å². The fourth-order valence-corrected chi connectivity index (χ4v) is 4.55. The first kappa shape index (κ1) is 24.6. The molecule has 1 amide bonds. The lowest BCUT2D eigenvalue weighted by Crippen LogP contribution is -2.55. The summed E-state index contributed by atoms with van der Waals surface area (Å²) in [7, 11) is 0. The summed E-state index contributed by atoms with van der Waals surface area (Å²) in [6.07, 6.45) is 2.23. The van der Waals surface area contributed by atoms with Crippen molar-refractivity contribution in [1.82, 2.24) is 10.2 Å². The highest BCUT2D eigenvalue weighted by Crippen LogP contribution is 2.28. The zero-order valence-electron chi connectivity index (χ0n) is 19.6. The molecule has 2 N–H and O–H groups in total. The quantitative estimate of drug-likeness (QED) is 0.619. The molecule has 2 aromatic rings. The zero-order chi connectivity index (χ0) is 23.4. The maximum absolute atomic E-state index is 12.7. The minimum Gasteiger partial charge on any atom is -0.491 e. The number of hydrogen-bond donors (Lipinski definition) is 2. The molecule has 0 bridgehead atoms. The second-order valence-electron chi connectivity index (χ2n) is 9.79. The smallest absolute Gasteiger partial charge is 0.234 e. The Morgan fingerprint density at radius 3 is 2.53 bits per heavy atom. The molecule has 174 valence electrons. The van der Waals surface area contributed by atoms with E-state index in [4.69, 9.17) is 16.3 Å². The van der Waals surface area contributed by atoms with Crippen molar-refractivity contribution in [3.8, 4) is 5.75 Å². The number of halogens is 1. The molecule has 1 heterocycles. The molecule has 3 rings (SSSR count). The van der Waals surface area contributed by atoms with Gasteiger partial charge in [-0.15, -0.1) is 0 Å². The predicted molar refractivity (Wildman–Crippen MR) is 129 cm³/mol. The average molecular weight is 459 g/mol. The first-order valence-electron chi connectivity index (χ1n) is 11.2. The second-order valence-corrected chi connectivity index (χ2v) is 10.2. The van der Waals surface area contributed by atoms with E-state index < -0.39 is 5.60 Å². The Labute approximate surface area is 196 Å². The number of benzene rings is 2. The lowest BCUT2D eigenvalue weighted by atomic mass is 9.93. The third kappa shape index (κ3) is 6.96. The van der Waals surface area contributed by atoms with Gasteiger partial charge in [0.25, 0.3) is 0 Å². The Bertz CT molecular complexity index is 909. The Morgan fingerprint density at radius 2 is 1.88 bits per heavy atom. The number of rotatable bonds is 8. The van der Waals surface area contributed by atoms with Crippen LogP contribution >= 0.6 is 11.6 Å². The molecule has 1 atom stereocenters. The van der Waals surface area contributed by atoms with Crippen LogP contribution in [0.2, 0.25) is 5.02 Å². The van der Waals surface area contributed by atoms with E-state index >= 15 is 0 Å². The van der Waals surface area contributed by atoms with Crippen molar-refractivity contribution >= 4 is 17.5 Å². The summed E-state index contributed by atoms with van der Waals surface area (Å²) in [6, 6.07) is 13.9. The summed E-state index contributed by atoms with van der Waals surface area (Å²) in [5, 5.41) is 15.0. The molecule has 1 unspecified atom stereocenters. The number of nitrogens with one attached hydrogen (secondary N) is 1. The van der Waals surface area contributed by atoms with Crippen molar-refractivity contribution in [2.45, 2.75) is 58.1 Å². The highest BCUT2D eigenvalue weighted by atomic mass is 35.5. The van der Waals surface area contributed by atoms with E-state index in [-0.39, 0.29) is 24.6 Å². The number of likely N-dealkylation sites (tertiary alicyclic amines) is 1. The number of β-amino-alcohol motifs (C(OH)–C–C–N with tert-alkyl or cyclic N) is 1. The molecule has 1 saturated heterocycles. The zero-order valence-corrected chi connectivity index (χ0v) is 20.3. The molecule has 0 aromatic heterocycles. The normalized spacial score (nSPS) is 19.6. The highest BCUT2D eigenvalue weighted by molar-refractivity contribution is 6.32. The number of carbonyl (C=O) groups excluding carboxylic acids is 1. The van der Waals surface area contributed by atoms with E-state index in [1.807, 2.05) is 62.9 Å². The summed E-state index contributed by atoms with van der Waals surface area (Å²) in [6.45, 7) is 9.60. The molecule has 0 radical (unpaired) electrons. The summed E-state index contributed by atoms with van der Waals surface area (Å²) < 4.78 is 5.93. The maximum atomic E-state index is 12.7. The molecule has 6 heteroatoms. The van der Waals surface area contributed by atoms with Gasteiger partial charge in [-0.2, -0.15) is 0 Å². The Balaban J connectivity index is 1.52. The number of carbonyl (C=O) groups is 1. The largest absolute Gasteiger partial charge is 0.491 e. The molecule has 1 fully saturated rings. The molecule has 32 heavy (non-hydrogen) atoms. The summed E-state index contributed by atoms with van der Waals surface area (Å²) in [5.41, 5.74) is 1.76. The summed E-state index contributed by atoms with van der Waals surface area (Å²) in [5.74, 6) is 0.676. The lowest BCUT2D eigenvalue weighted by molar-refractivity contribution is -0.126. The van der Waals surface area contributed by atoms with Crippen molar-refractivity contribution in [3.63, 3.8) is 0 Å². The van der Waals surface area contributed by atoms with Crippen molar-refractivity contribution in [1.29, 1.82) is 0 Å². The van der Waals surface area contributed by atoms with Gasteiger partial charge in [0.05, 0.1) is 6.54 Å². The fourth-order valence-electron chi connectivity index (χ4n) is 4.44. The number of hydrogen-bond acceptors (Lipinski definition) is 4. The molecule has 0 saturated carbocycles. The fraction of sp³-hybridized carbons (Fsp3) is 0.500. The van der Waals surface area contributed by atoms with Gasteiger partial charge in [-0.3, -0.25) is 9.69 Å². The second kappa shape index (κ2) is 10.2. The maximum Gasteiger partial charge on any atom is 0.234 e. The topological polar surface area (TPSA) is 61.8 Å². The molecule has 0 aliphatic carbocycles. The molecular formula is C26H35ClN2O3. The van der Waals surface area contributed by atoms with Crippen LogP contribution in [0.4, 0.5) is 0 Å². The molecule has 1 aliphatic heterocycles. The summed E-state index contributed by atoms with van der Waals surface area (Å²) in [4.78, 5) is 14.7. The molecular weight excluding hydrogens is 424 g/mol. The van der Waals surface area contributed by atoms with Crippen LogP contribution in [0.3, 0.4) is 0 Å². The highest BCUT2D eigenvalue weighted by Gasteiger charge is 2.35. The number of ether oxygens (including phenoxy) is 1. The van der Waals surface area contributed by atoms with Gasteiger partial charge in [-0.05, 0) is 82.3 Å². The van der Waals surface area contributed by atoms with E-state index in [1.165, 1.54) is 5.56 Å². The first-order valence-corrected chi connectivity index (χ1v) is 11.6. The van der Waals surface area contributed by atoms with Gasteiger partial charge < -0.3 is 15.2 Å². The van der Waals surface area contributed by atoms with Gasteiger partial charge in [0.15, 0.2) is 0 Å². The first-order chi connectivity index (χ1) is 15.1. The number of amides is 1. The Morgan fingerprint density at radius 1 is 1.22 bits per heavy atom. The van der Waals surface area contributed by atoms with Crippen molar-refractivity contribution in [2.75, 3.05) is 26.2 Å². The van der Waals surface area contributed by atoms with E-state index in [9.17, 15) is 9.90 Å². The van der Waals surface area contributed by atoms with Crippen LogP contribution in [0.5, 0.6) is 5.75 Å². The van der Waals surface area contributed by atoms with Gasteiger partial charge in [-0.25, -0.2) is 0 Å². The van der Waals surface area contributed by atoms with E-state index in [0.29, 0.717) is 18.7 Å². The van der Waals surface area contributed by atoms with Crippen LogP contribution in [0, 0.1) is 13.8 Å². The minimum absolute atomic E-state index is 0.0277. The number of aryl methyl sites for hydroxylation is 2. The van der Waals surface area contributed by atoms with E-state index in [0.717, 1.165) is 35.5 Å². The van der Waals surface area contributed by atoms with Crippen LogP contribution in [0.15, 0.2) is 42.5 Å². The molecule has 0 spiro atoms. The Hall–Kier alpha value is -2.08. The van der Waals surface area contributed by atoms with Gasteiger partial charge in [0.2, 0.25) is 5.91 Å². The van der Waals surface area contributed by atoms with Crippen LogP contribution < -0.4 is 10.1 Å². The molecule has 5 nitrogen and oxygen atoms in total. The summed E-state index contributed by atoms with van der Waals surface area (Å²) >= 11 is 6.23. The van der Waals surface area contributed by atoms with E-state index in [1.54, 1.807) is 0 Å². The lowest BCUT2D eigenvalue weighted by Gasteiger charge is -2.39. The van der Waals surface area contributed by atoms with Crippen molar-refractivity contribution in [3.05, 3.63) is 64.2 Å². The van der Waals surface area contributed by atoms with E-state index in [2.05, 4.69) is 17.4 Å². The van der Waals surface area contributed by atoms with Gasteiger partial charge in [0, 0.05) is 17.1 Å². The molecule has 2 aromatic carbocycles.